The van der Waals surface area contributed by atoms with Crippen LogP contribution in [0.1, 0.15) is 35.1 Å². The molecule has 1 fully saturated rings. The van der Waals surface area contributed by atoms with Crippen molar-refractivity contribution in [1.82, 2.24) is 4.90 Å². The van der Waals surface area contributed by atoms with Gasteiger partial charge in [-0.15, -0.1) is 0 Å². The van der Waals surface area contributed by atoms with E-state index in [0.717, 1.165) is 6.42 Å². The van der Waals surface area contributed by atoms with Crippen LogP contribution < -0.4 is 0 Å². The summed E-state index contributed by atoms with van der Waals surface area (Å²) in [6, 6.07) is 18.2. The number of nitrogens with zero attached hydrogens (tertiary/aromatic N) is 1. The molecule has 2 aliphatic rings. The van der Waals surface area contributed by atoms with E-state index in [9.17, 15) is 0 Å². The summed E-state index contributed by atoms with van der Waals surface area (Å²) in [7, 11) is 2.28. The topological polar surface area (TPSA) is 3.24 Å². The fraction of sp³-hybridized carbons (Fsp3) is 0.400. The fourth-order valence-corrected chi connectivity index (χ4v) is 4.49. The SMILES string of the molecule is CN1CCCC2(Cc3ccccc3Cc3ccccc32)C1. The second kappa shape index (κ2) is 4.99. The summed E-state index contributed by atoms with van der Waals surface area (Å²) in [4.78, 5) is 2.52. The molecule has 108 valence electrons. The third-order valence-corrected chi connectivity index (χ3v) is 5.38. The van der Waals surface area contributed by atoms with Crippen molar-refractivity contribution < 1.29 is 0 Å². The largest absolute Gasteiger partial charge is 0.305 e. The third kappa shape index (κ3) is 2.20. The molecule has 0 bridgehead atoms. The minimum Gasteiger partial charge on any atom is -0.305 e. The molecule has 1 heterocycles. The van der Waals surface area contributed by atoms with Gasteiger partial charge in [0.05, 0.1) is 0 Å². The molecule has 21 heavy (non-hydrogen) atoms. The van der Waals surface area contributed by atoms with Crippen LogP contribution in [0, 0.1) is 0 Å². The lowest BCUT2D eigenvalue weighted by molar-refractivity contribution is 0.174. The van der Waals surface area contributed by atoms with Gasteiger partial charge in [-0.3, -0.25) is 0 Å². The number of likely N-dealkylation sites (tertiary alicyclic amines) is 1. The third-order valence-electron chi connectivity index (χ3n) is 5.38. The molecule has 0 saturated carbocycles. The Hall–Kier alpha value is -1.60. The zero-order valence-electron chi connectivity index (χ0n) is 12.8. The van der Waals surface area contributed by atoms with Crippen LogP contribution in [0.4, 0.5) is 0 Å². The second-order valence-electron chi connectivity index (χ2n) is 6.90. The van der Waals surface area contributed by atoms with Gasteiger partial charge < -0.3 is 4.90 Å². The highest BCUT2D eigenvalue weighted by Gasteiger charge is 2.39. The summed E-state index contributed by atoms with van der Waals surface area (Å²) in [5, 5.41) is 0. The highest BCUT2D eigenvalue weighted by Crippen LogP contribution is 2.42. The quantitative estimate of drug-likeness (QED) is 0.708. The minimum atomic E-state index is 0.316. The van der Waals surface area contributed by atoms with Crippen molar-refractivity contribution >= 4 is 0 Å². The first-order valence-corrected chi connectivity index (χ1v) is 8.11. The zero-order valence-corrected chi connectivity index (χ0v) is 12.8. The van der Waals surface area contributed by atoms with Crippen molar-refractivity contribution in [3.8, 4) is 0 Å². The van der Waals surface area contributed by atoms with Crippen LogP contribution in [-0.2, 0) is 18.3 Å². The molecule has 1 saturated heterocycles. The first-order chi connectivity index (χ1) is 10.3. The number of fused-ring (bicyclic) bond motifs is 3. The van der Waals surface area contributed by atoms with E-state index in [-0.39, 0.29) is 0 Å². The van der Waals surface area contributed by atoms with Gasteiger partial charge in [0, 0.05) is 12.0 Å². The van der Waals surface area contributed by atoms with E-state index in [0.29, 0.717) is 5.41 Å². The predicted molar refractivity (Wildman–Crippen MR) is 87.8 cm³/mol. The van der Waals surface area contributed by atoms with Gasteiger partial charge >= 0.3 is 0 Å². The lowest BCUT2D eigenvalue weighted by Gasteiger charge is -2.42. The average Bonchev–Trinajstić information content (AvgIpc) is 2.62. The van der Waals surface area contributed by atoms with E-state index < -0.39 is 0 Å². The average molecular weight is 277 g/mol. The molecule has 2 aromatic carbocycles. The molecule has 0 N–H and O–H groups in total. The number of hydrogen-bond acceptors (Lipinski definition) is 1. The first-order valence-electron chi connectivity index (χ1n) is 8.11. The molecule has 2 aromatic rings. The van der Waals surface area contributed by atoms with Crippen LogP contribution in [0.5, 0.6) is 0 Å². The maximum atomic E-state index is 2.52. The summed E-state index contributed by atoms with van der Waals surface area (Å²) in [6.45, 7) is 2.43. The number of rotatable bonds is 0. The molecular weight excluding hydrogens is 254 g/mol. The monoisotopic (exact) mass is 277 g/mol. The van der Waals surface area contributed by atoms with Crippen LogP contribution in [0.15, 0.2) is 48.5 Å². The molecular formula is C20H23N. The van der Waals surface area contributed by atoms with E-state index >= 15 is 0 Å². The van der Waals surface area contributed by atoms with Crippen molar-refractivity contribution in [2.24, 2.45) is 0 Å². The van der Waals surface area contributed by atoms with Gasteiger partial charge in [0.25, 0.3) is 0 Å². The molecule has 0 aromatic heterocycles. The van der Waals surface area contributed by atoms with Crippen molar-refractivity contribution in [1.29, 1.82) is 0 Å². The maximum absolute atomic E-state index is 2.52. The van der Waals surface area contributed by atoms with Crippen LogP contribution in [0.3, 0.4) is 0 Å². The standard InChI is InChI=1S/C20H23N/c1-21-12-6-11-20(15-21)14-18-9-3-2-7-16(18)13-17-8-4-5-10-19(17)20/h2-5,7-10H,6,11-15H2,1H3. The molecule has 1 heteroatoms. The van der Waals surface area contributed by atoms with Gasteiger partial charge in [0.2, 0.25) is 0 Å². The Morgan fingerprint density at radius 1 is 0.905 bits per heavy atom. The minimum absolute atomic E-state index is 0.316. The molecule has 1 unspecified atom stereocenters. The van der Waals surface area contributed by atoms with Crippen LogP contribution in [0.25, 0.3) is 0 Å². The molecule has 1 atom stereocenters. The molecule has 1 nitrogen and oxygen atoms in total. The van der Waals surface area contributed by atoms with E-state index in [2.05, 4.69) is 60.5 Å². The van der Waals surface area contributed by atoms with Crippen molar-refractivity contribution in [2.45, 2.75) is 31.1 Å². The van der Waals surface area contributed by atoms with E-state index in [4.69, 9.17) is 0 Å². The number of benzene rings is 2. The van der Waals surface area contributed by atoms with Gasteiger partial charge in [0.15, 0.2) is 0 Å². The summed E-state index contributed by atoms with van der Waals surface area (Å²) >= 11 is 0. The lowest BCUT2D eigenvalue weighted by atomic mass is 9.70. The summed E-state index contributed by atoms with van der Waals surface area (Å²) in [5.41, 5.74) is 6.54. The van der Waals surface area contributed by atoms with Crippen molar-refractivity contribution in [3.63, 3.8) is 0 Å². The van der Waals surface area contributed by atoms with Crippen molar-refractivity contribution in [2.75, 3.05) is 20.1 Å². The molecule has 1 aliphatic carbocycles. The lowest BCUT2D eigenvalue weighted by Crippen LogP contribution is -2.45. The number of likely N-dealkylation sites (N-methyl/N-ethyl adjacent to an activating group) is 1. The summed E-state index contributed by atoms with van der Waals surface area (Å²) in [6.07, 6.45) is 4.93. The van der Waals surface area contributed by atoms with E-state index in [1.807, 2.05) is 0 Å². The molecule has 0 radical (unpaired) electrons. The predicted octanol–water partition coefficient (Wildman–Crippen LogP) is 3.80. The van der Waals surface area contributed by atoms with Crippen LogP contribution in [-0.4, -0.2) is 25.0 Å². The normalized spacial score (nSPS) is 25.2. The Labute approximate surface area is 127 Å². The fourth-order valence-electron chi connectivity index (χ4n) is 4.49. The highest BCUT2D eigenvalue weighted by atomic mass is 15.1. The second-order valence-corrected chi connectivity index (χ2v) is 6.90. The molecule has 4 rings (SSSR count). The van der Waals surface area contributed by atoms with Gasteiger partial charge in [-0.25, -0.2) is 0 Å². The summed E-state index contributed by atoms with van der Waals surface area (Å²) in [5.74, 6) is 0. The number of piperidine rings is 1. The Kier molecular flexibility index (Phi) is 3.11. The van der Waals surface area contributed by atoms with Crippen molar-refractivity contribution in [3.05, 3.63) is 70.8 Å². The molecule has 0 amide bonds. The van der Waals surface area contributed by atoms with Gasteiger partial charge in [-0.2, -0.15) is 0 Å². The molecule has 1 spiro atoms. The smallest absolute Gasteiger partial charge is 0.0124 e. The Morgan fingerprint density at radius 2 is 1.62 bits per heavy atom. The Balaban J connectivity index is 1.89. The zero-order chi connectivity index (χ0) is 14.3. The maximum Gasteiger partial charge on any atom is 0.0124 e. The number of hydrogen-bond donors (Lipinski definition) is 0. The van der Waals surface area contributed by atoms with Crippen LogP contribution >= 0.6 is 0 Å². The Bertz CT molecular complexity index is 660. The van der Waals surface area contributed by atoms with E-state index in [1.54, 1.807) is 11.1 Å². The first kappa shape index (κ1) is 13.1. The highest BCUT2D eigenvalue weighted by molar-refractivity contribution is 5.46. The molecule has 1 aliphatic heterocycles. The Morgan fingerprint density at radius 3 is 2.43 bits per heavy atom. The van der Waals surface area contributed by atoms with E-state index in [1.165, 1.54) is 43.5 Å². The van der Waals surface area contributed by atoms with Gasteiger partial charge in [0.1, 0.15) is 0 Å². The summed E-state index contributed by atoms with van der Waals surface area (Å²) < 4.78 is 0. The van der Waals surface area contributed by atoms with Gasteiger partial charge in [-0.1, -0.05) is 48.5 Å². The van der Waals surface area contributed by atoms with Crippen LogP contribution in [0.2, 0.25) is 0 Å². The van der Waals surface area contributed by atoms with Gasteiger partial charge in [-0.05, 0) is 61.5 Å².